The fourth-order valence-electron chi connectivity index (χ4n) is 3.03. The average Bonchev–Trinajstić information content (AvgIpc) is 2.35. The van der Waals surface area contributed by atoms with Crippen LogP contribution >= 0.6 is 0 Å². The van der Waals surface area contributed by atoms with E-state index in [0.29, 0.717) is 0 Å². The molecule has 4 heteroatoms. The van der Waals surface area contributed by atoms with Crippen molar-refractivity contribution in [3.63, 3.8) is 0 Å². The van der Waals surface area contributed by atoms with Crippen molar-refractivity contribution in [2.24, 2.45) is 5.41 Å². The zero-order valence-corrected chi connectivity index (χ0v) is 14.3. The molecule has 0 unspecified atom stereocenters. The molecule has 0 radical (unpaired) electrons. The molecule has 0 aliphatic heterocycles. The molecule has 0 aliphatic carbocycles. The van der Waals surface area contributed by atoms with Crippen molar-refractivity contribution in [2.45, 2.75) is 52.9 Å². The van der Waals surface area contributed by atoms with Gasteiger partial charge in [-0.3, -0.25) is 4.79 Å². The number of carbonyl (C=O) groups excluding carboxylic acids is 1. The van der Waals surface area contributed by atoms with Crippen LogP contribution in [0.15, 0.2) is 18.2 Å². The van der Waals surface area contributed by atoms with Crippen molar-refractivity contribution in [3.8, 4) is 5.75 Å². The summed E-state index contributed by atoms with van der Waals surface area (Å²) in [6.45, 7) is 10.5. The van der Waals surface area contributed by atoms with Gasteiger partial charge in [-0.2, -0.15) is 0 Å². The summed E-state index contributed by atoms with van der Waals surface area (Å²) in [7, 11) is 0. The Morgan fingerprint density at radius 1 is 1.18 bits per heavy atom. The molecule has 0 aromatic heterocycles. The number of benzene rings is 1. The standard InChI is InChI=1S/C18H28O4/c1-17(2,3)12-18(4,5)14-10-13(6-7-15(14)20)11-16(21)22-9-8-19/h6-7,10,19-20H,8-9,11-12H2,1-5H3. The number of phenolic OH excluding ortho intramolecular Hbond substituents is 1. The van der Waals surface area contributed by atoms with Crippen molar-refractivity contribution in [2.75, 3.05) is 13.2 Å². The van der Waals surface area contributed by atoms with Gasteiger partial charge in [0.1, 0.15) is 12.4 Å². The highest BCUT2D eigenvalue weighted by Crippen LogP contribution is 2.40. The van der Waals surface area contributed by atoms with E-state index < -0.39 is 0 Å². The lowest BCUT2D eigenvalue weighted by atomic mass is 9.71. The predicted molar refractivity (Wildman–Crippen MR) is 87.0 cm³/mol. The van der Waals surface area contributed by atoms with Crippen LogP contribution in [0, 0.1) is 5.41 Å². The zero-order chi connectivity index (χ0) is 17.0. The highest BCUT2D eigenvalue weighted by molar-refractivity contribution is 5.72. The first-order valence-corrected chi connectivity index (χ1v) is 7.64. The van der Waals surface area contributed by atoms with Crippen LogP contribution in [0.5, 0.6) is 5.75 Å². The van der Waals surface area contributed by atoms with Crippen molar-refractivity contribution in [3.05, 3.63) is 29.3 Å². The highest BCUT2D eigenvalue weighted by atomic mass is 16.5. The molecule has 0 amide bonds. The number of carbonyl (C=O) groups is 1. The Labute approximate surface area is 133 Å². The summed E-state index contributed by atoms with van der Waals surface area (Å²) in [6.07, 6.45) is 1.05. The molecule has 0 aliphatic rings. The number of aromatic hydroxyl groups is 1. The Hall–Kier alpha value is -1.55. The van der Waals surface area contributed by atoms with Gasteiger partial charge >= 0.3 is 5.97 Å². The Kier molecular flexibility index (Phi) is 6.00. The van der Waals surface area contributed by atoms with Gasteiger partial charge in [-0.05, 0) is 34.4 Å². The van der Waals surface area contributed by atoms with Gasteiger partial charge in [0, 0.05) is 0 Å². The Morgan fingerprint density at radius 3 is 2.36 bits per heavy atom. The second-order valence-electron chi connectivity index (χ2n) is 7.59. The maximum absolute atomic E-state index is 11.7. The van der Waals surface area contributed by atoms with Crippen LogP contribution in [0.25, 0.3) is 0 Å². The number of aliphatic hydroxyl groups excluding tert-OH is 1. The van der Waals surface area contributed by atoms with Gasteiger partial charge < -0.3 is 14.9 Å². The number of phenols is 1. The first-order chi connectivity index (χ1) is 10.0. The van der Waals surface area contributed by atoms with Gasteiger partial charge in [-0.1, -0.05) is 46.8 Å². The summed E-state index contributed by atoms with van der Waals surface area (Å²) in [6, 6.07) is 5.24. The number of hydrogen-bond donors (Lipinski definition) is 2. The van der Waals surface area contributed by atoms with E-state index in [1.54, 1.807) is 12.1 Å². The van der Waals surface area contributed by atoms with E-state index in [-0.39, 0.29) is 42.2 Å². The van der Waals surface area contributed by atoms with Gasteiger partial charge in [-0.25, -0.2) is 0 Å². The quantitative estimate of drug-likeness (QED) is 0.792. The molecule has 0 spiro atoms. The van der Waals surface area contributed by atoms with Crippen LogP contribution in [0.4, 0.5) is 0 Å². The molecule has 1 aromatic carbocycles. The first kappa shape index (κ1) is 18.5. The maximum Gasteiger partial charge on any atom is 0.310 e. The van der Waals surface area contributed by atoms with Gasteiger partial charge in [-0.15, -0.1) is 0 Å². The highest BCUT2D eigenvalue weighted by Gasteiger charge is 2.29. The number of aliphatic hydroxyl groups is 1. The van der Waals surface area contributed by atoms with Crippen molar-refractivity contribution < 1.29 is 19.7 Å². The minimum Gasteiger partial charge on any atom is -0.508 e. The normalized spacial score (nSPS) is 12.3. The first-order valence-electron chi connectivity index (χ1n) is 7.64. The molecule has 1 rings (SSSR count). The van der Waals surface area contributed by atoms with Crippen LogP contribution < -0.4 is 0 Å². The number of ether oxygens (including phenoxy) is 1. The predicted octanol–water partition coefficient (Wildman–Crippen LogP) is 3.18. The maximum atomic E-state index is 11.7. The van der Waals surface area contributed by atoms with Crippen molar-refractivity contribution in [1.82, 2.24) is 0 Å². The minimum atomic E-state index is -0.376. The van der Waals surface area contributed by atoms with Gasteiger partial charge in [0.25, 0.3) is 0 Å². The minimum absolute atomic E-state index is 0.0132. The third kappa shape index (κ3) is 5.68. The fourth-order valence-corrected chi connectivity index (χ4v) is 3.03. The van der Waals surface area contributed by atoms with Crippen LogP contribution in [-0.4, -0.2) is 29.4 Å². The van der Waals surface area contributed by atoms with E-state index in [0.717, 1.165) is 17.5 Å². The third-order valence-corrected chi connectivity index (χ3v) is 3.47. The lowest BCUT2D eigenvalue weighted by molar-refractivity contribution is -0.143. The van der Waals surface area contributed by atoms with E-state index in [2.05, 4.69) is 34.6 Å². The molecule has 1 aromatic rings. The SMILES string of the molecule is CC(C)(C)CC(C)(C)c1cc(CC(=O)OCCO)ccc1O. The van der Waals surface area contributed by atoms with Gasteiger partial charge in [0.15, 0.2) is 0 Å². The molecule has 2 N–H and O–H groups in total. The smallest absolute Gasteiger partial charge is 0.310 e. The summed E-state index contributed by atoms with van der Waals surface area (Å²) in [4.78, 5) is 11.7. The van der Waals surface area contributed by atoms with E-state index >= 15 is 0 Å². The van der Waals surface area contributed by atoms with E-state index in [1.807, 2.05) is 6.07 Å². The molecule has 0 heterocycles. The van der Waals surface area contributed by atoms with Crippen LogP contribution in [0.1, 0.15) is 52.2 Å². The Balaban J connectivity index is 2.97. The molecule has 124 valence electrons. The molecule has 0 fully saturated rings. The topological polar surface area (TPSA) is 66.8 Å². The van der Waals surface area contributed by atoms with E-state index in [1.165, 1.54) is 0 Å². The second kappa shape index (κ2) is 7.14. The molecular formula is C18H28O4. The molecule has 0 saturated heterocycles. The number of hydrogen-bond acceptors (Lipinski definition) is 4. The molecule has 0 bridgehead atoms. The molecule has 4 nitrogen and oxygen atoms in total. The average molecular weight is 308 g/mol. The van der Waals surface area contributed by atoms with Crippen molar-refractivity contribution >= 4 is 5.97 Å². The van der Waals surface area contributed by atoms with Crippen LogP contribution in [-0.2, 0) is 21.4 Å². The summed E-state index contributed by atoms with van der Waals surface area (Å²) >= 11 is 0. The van der Waals surface area contributed by atoms with Crippen LogP contribution in [0.2, 0.25) is 0 Å². The number of esters is 1. The summed E-state index contributed by atoms with van der Waals surface area (Å²) in [5.74, 6) is -0.124. The summed E-state index contributed by atoms with van der Waals surface area (Å²) < 4.78 is 4.88. The van der Waals surface area contributed by atoms with Crippen LogP contribution in [0.3, 0.4) is 0 Å². The molecule has 22 heavy (non-hydrogen) atoms. The monoisotopic (exact) mass is 308 g/mol. The van der Waals surface area contributed by atoms with Gasteiger partial charge in [0.2, 0.25) is 0 Å². The zero-order valence-electron chi connectivity index (χ0n) is 14.3. The largest absolute Gasteiger partial charge is 0.508 e. The molecule has 0 saturated carbocycles. The number of rotatable bonds is 6. The lowest BCUT2D eigenvalue weighted by Crippen LogP contribution is -2.25. The molecule has 0 atom stereocenters. The third-order valence-electron chi connectivity index (χ3n) is 3.47. The summed E-state index contributed by atoms with van der Waals surface area (Å²) in [5, 5.41) is 18.9. The Morgan fingerprint density at radius 2 is 1.82 bits per heavy atom. The summed E-state index contributed by atoms with van der Waals surface area (Å²) in [5.41, 5.74) is 1.58. The fraction of sp³-hybridized carbons (Fsp3) is 0.611. The van der Waals surface area contributed by atoms with Gasteiger partial charge in [0.05, 0.1) is 13.0 Å². The Bertz CT molecular complexity index is 512. The van der Waals surface area contributed by atoms with E-state index in [4.69, 9.17) is 9.84 Å². The molecular weight excluding hydrogens is 280 g/mol. The second-order valence-corrected chi connectivity index (χ2v) is 7.59. The lowest BCUT2D eigenvalue weighted by Gasteiger charge is -2.33. The van der Waals surface area contributed by atoms with Crippen molar-refractivity contribution in [1.29, 1.82) is 0 Å². The van der Waals surface area contributed by atoms with E-state index in [9.17, 15) is 9.90 Å².